The molecule has 0 bridgehead atoms. The van der Waals surface area contributed by atoms with Crippen LogP contribution in [-0.4, -0.2) is 16.1 Å². The van der Waals surface area contributed by atoms with Crippen LogP contribution in [0, 0.1) is 13.8 Å². The van der Waals surface area contributed by atoms with Crippen molar-refractivity contribution >= 4 is 5.97 Å². The maximum atomic E-state index is 10.9. The summed E-state index contributed by atoms with van der Waals surface area (Å²) in [4.78, 5) is 14.6. The number of rotatable bonds is 2. The lowest BCUT2D eigenvalue weighted by Gasteiger charge is -2.05. The van der Waals surface area contributed by atoms with Gasteiger partial charge in [-0.25, -0.2) is 9.78 Å². The van der Waals surface area contributed by atoms with Gasteiger partial charge in [-0.3, -0.25) is 0 Å². The maximum absolute atomic E-state index is 10.9. The molecule has 0 radical (unpaired) electrons. The van der Waals surface area contributed by atoms with Gasteiger partial charge in [0.25, 0.3) is 0 Å². The van der Waals surface area contributed by atoms with Gasteiger partial charge in [0.1, 0.15) is 0 Å². The SMILES string of the molecule is Cc1cccc(-c2ocnc2C(=O)O)c1C. The van der Waals surface area contributed by atoms with Crippen molar-refractivity contribution in [2.75, 3.05) is 0 Å². The fraction of sp³-hybridized carbons (Fsp3) is 0.167. The van der Waals surface area contributed by atoms with E-state index in [1.807, 2.05) is 32.0 Å². The minimum Gasteiger partial charge on any atom is -0.476 e. The molecule has 82 valence electrons. The molecule has 0 spiro atoms. The highest BCUT2D eigenvalue weighted by atomic mass is 16.4. The first kappa shape index (κ1) is 10.4. The Bertz CT molecular complexity index is 543. The van der Waals surface area contributed by atoms with Crippen molar-refractivity contribution in [1.82, 2.24) is 4.98 Å². The molecule has 0 aliphatic heterocycles. The summed E-state index contributed by atoms with van der Waals surface area (Å²) in [5, 5.41) is 8.95. The molecular formula is C12H11NO3. The first-order valence-corrected chi connectivity index (χ1v) is 4.84. The van der Waals surface area contributed by atoms with E-state index in [0.717, 1.165) is 23.1 Å². The summed E-state index contributed by atoms with van der Waals surface area (Å²) in [6, 6.07) is 5.66. The summed E-state index contributed by atoms with van der Waals surface area (Å²) in [6.07, 6.45) is 1.15. The normalized spacial score (nSPS) is 10.4. The molecule has 1 aromatic heterocycles. The Balaban J connectivity index is 2.63. The summed E-state index contributed by atoms with van der Waals surface area (Å²) in [7, 11) is 0. The molecule has 0 unspecified atom stereocenters. The molecule has 2 aromatic rings. The van der Waals surface area contributed by atoms with E-state index in [-0.39, 0.29) is 5.69 Å². The van der Waals surface area contributed by atoms with E-state index in [9.17, 15) is 4.79 Å². The van der Waals surface area contributed by atoms with Crippen LogP contribution in [0.4, 0.5) is 0 Å². The van der Waals surface area contributed by atoms with Gasteiger partial charge >= 0.3 is 5.97 Å². The summed E-state index contributed by atoms with van der Waals surface area (Å²) < 4.78 is 5.16. The number of carbonyl (C=O) groups is 1. The Labute approximate surface area is 92.6 Å². The molecule has 0 aliphatic carbocycles. The van der Waals surface area contributed by atoms with Gasteiger partial charge in [0.05, 0.1) is 0 Å². The number of nitrogens with zero attached hydrogens (tertiary/aromatic N) is 1. The van der Waals surface area contributed by atoms with Crippen LogP contribution in [0.25, 0.3) is 11.3 Å². The third kappa shape index (κ3) is 1.58. The van der Waals surface area contributed by atoms with Gasteiger partial charge in [0.15, 0.2) is 17.8 Å². The number of aromatic carboxylic acids is 1. The lowest BCUT2D eigenvalue weighted by atomic mass is 10.0. The first-order chi connectivity index (χ1) is 7.61. The van der Waals surface area contributed by atoms with Gasteiger partial charge in [-0.2, -0.15) is 0 Å². The number of carboxylic acid groups (broad SMARTS) is 1. The van der Waals surface area contributed by atoms with Crippen molar-refractivity contribution < 1.29 is 14.3 Å². The number of aryl methyl sites for hydroxylation is 1. The Kier molecular flexibility index (Phi) is 2.48. The molecule has 0 atom stereocenters. The Hall–Kier alpha value is -2.10. The summed E-state index contributed by atoms with van der Waals surface area (Å²) in [5.74, 6) is -0.765. The third-order valence-corrected chi connectivity index (χ3v) is 2.62. The zero-order valence-electron chi connectivity index (χ0n) is 9.02. The van der Waals surface area contributed by atoms with Crippen LogP contribution in [0.3, 0.4) is 0 Å². The smallest absolute Gasteiger partial charge is 0.358 e. The van der Waals surface area contributed by atoms with Crippen LogP contribution in [0.2, 0.25) is 0 Å². The Morgan fingerprint density at radius 1 is 1.38 bits per heavy atom. The van der Waals surface area contributed by atoms with Crippen LogP contribution in [0.1, 0.15) is 21.6 Å². The van der Waals surface area contributed by atoms with E-state index >= 15 is 0 Å². The van der Waals surface area contributed by atoms with Gasteiger partial charge in [-0.1, -0.05) is 18.2 Å². The average molecular weight is 217 g/mol. The highest BCUT2D eigenvalue weighted by Crippen LogP contribution is 2.27. The summed E-state index contributed by atoms with van der Waals surface area (Å²) in [5.41, 5.74) is 2.82. The van der Waals surface area contributed by atoms with E-state index in [0.29, 0.717) is 5.76 Å². The van der Waals surface area contributed by atoms with Crippen molar-refractivity contribution in [1.29, 1.82) is 0 Å². The quantitative estimate of drug-likeness (QED) is 0.839. The standard InChI is InChI=1S/C12H11NO3/c1-7-4-3-5-9(8(7)2)11-10(12(14)15)13-6-16-11/h3-6H,1-2H3,(H,14,15). The molecule has 1 N–H and O–H groups in total. The fourth-order valence-corrected chi connectivity index (χ4v) is 1.59. The van der Waals surface area contributed by atoms with Crippen molar-refractivity contribution in [3.8, 4) is 11.3 Å². The minimum atomic E-state index is -1.08. The number of hydrogen-bond acceptors (Lipinski definition) is 3. The van der Waals surface area contributed by atoms with Crippen molar-refractivity contribution in [2.24, 2.45) is 0 Å². The Morgan fingerprint density at radius 2 is 2.12 bits per heavy atom. The molecule has 0 fully saturated rings. The molecule has 0 amide bonds. The molecule has 0 aliphatic rings. The predicted octanol–water partition coefficient (Wildman–Crippen LogP) is 2.66. The van der Waals surface area contributed by atoms with Crippen LogP contribution < -0.4 is 0 Å². The van der Waals surface area contributed by atoms with Crippen molar-refractivity contribution in [3.05, 3.63) is 41.4 Å². The van der Waals surface area contributed by atoms with Crippen molar-refractivity contribution in [3.63, 3.8) is 0 Å². The molecule has 16 heavy (non-hydrogen) atoms. The Morgan fingerprint density at radius 3 is 2.81 bits per heavy atom. The van der Waals surface area contributed by atoms with E-state index in [2.05, 4.69) is 4.98 Å². The van der Waals surface area contributed by atoms with Crippen LogP contribution in [-0.2, 0) is 0 Å². The maximum Gasteiger partial charge on any atom is 0.358 e. The second kappa shape index (κ2) is 3.81. The third-order valence-electron chi connectivity index (χ3n) is 2.62. The van der Waals surface area contributed by atoms with Crippen LogP contribution >= 0.6 is 0 Å². The van der Waals surface area contributed by atoms with Crippen LogP contribution in [0.15, 0.2) is 29.0 Å². The highest BCUT2D eigenvalue weighted by Gasteiger charge is 2.18. The summed E-state index contributed by atoms with van der Waals surface area (Å²) in [6.45, 7) is 3.90. The second-order valence-electron chi connectivity index (χ2n) is 3.58. The number of hydrogen-bond donors (Lipinski definition) is 1. The van der Waals surface area contributed by atoms with Gasteiger partial charge in [0.2, 0.25) is 0 Å². The highest BCUT2D eigenvalue weighted by molar-refractivity contribution is 5.92. The zero-order chi connectivity index (χ0) is 11.7. The average Bonchev–Trinajstić information content (AvgIpc) is 2.70. The number of oxazole rings is 1. The molecular weight excluding hydrogens is 206 g/mol. The van der Waals surface area contributed by atoms with E-state index in [1.165, 1.54) is 0 Å². The largest absolute Gasteiger partial charge is 0.476 e. The topological polar surface area (TPSA) is 63.3 Å². The van der Waals surface area contributed by atoms with Gasteiger partial charge in [-0.15, -0.1) is 0 Å². The zero-order valence-corrected chi connectivity index (χ0v) is 9.02. The lowest BCUT2D eigenvalue weighted by Crippen LogP contribution is -1.99. The molecule has 2 rings (SSSR count). The predicted molar refractivity (Wildman–Crippen MR) is 58.4 cm³/mol. The fourth-order valence-electron chi connectivity index (χ4n) is 1.59. The summed E-state index contributed by atoms with van der Waals surface area (Å²) >= 11 is 0. The number of aromatic nitrogens is 1. The van der Waals surface area contributed by atoms with E-state index in [1.54, 1.807) is 0 Å². The molecule has 1 heterocycles. The van der Waals surface area contributed by atoms with E-state index in [4.69, 9.17) is 9.52 Å². The molecule has 4 nitrogen and oxygen atoms in total. The van der Waals surface area contributed by atoms with Gasteiger partial charge < -0.3 is 9.52 Å². The molecule has 4 heteroatoms. The van der Waals surface area contributed by atoms with Crippen LogP contribution in [0.5, 0.6) is 0 Å². The minimum absolute atomic E-state index is 0.0475. The number of carboxylic acids is 1. The van der Waals surface area contributed by atoms with E-state index < -0.39 is 5.97 Å². The van der Waals surface area contributed by atoms with Gasteiger partial charge in [0, 0.05) is 5.56 Å². The first-order valence-electron chi connectivity index (χ1n) is 4.84. The molecule has 0 saturated carbocycles. The molecule has 1 aromatic carbocycles. The lowest BCUT2D eigenvalue weighted by molar-refractivity contribution is 0.0691. The monoisotopic (exact) mass is 217 g/mol. The van der Waals surface area contributed by atoms with Gasteiger partial charge in [-0.05, 0) is 25.0 Å². The number of benzene rings is 1. The second-order valence-corrected chi connectivity index (χ2v) is 3.58. The molecule has 0 saturated heterocycles. The van der Waals surface area contributed by atoms with Crippen molar-refractivity contribution in [2.45, 2.75) is 13.8 Å².